The van der Waals surface area contributed by atoms with Crippen molar-refractivity contribution in [3.05, 3.63) is 23.8 Å². The number of piperidine rings is 1. The van der Waals surface area contributed by atoms with Crippen LogP contribution in [0.15, 0.2) is 18.2 Å². The van der Waals surface area contributed by atoms with Crippen molar-refractivity contribution < 1.29 is 9.84 Å². The molecule has 4 nitrogen and oxygen atoms in total. The van der Waals surface area contributed by atoms with Gasteiger partial charge in [-0.3, -0.25) is 0 Å². The minimum Gasteiger partial charge on any atom is -0.504 e. The van der Waals surface area contributed by atoms with Crippen LogP contribution in [-0.2, 0) is 6.54 Å². The molecular weight excluding hydrogens is 252 g/mol. The Morgan fingerprint density at radius 3 is 2.75 bits per heavy atom. The zero-order valence-electron chi connectivity index (χ0n) is 12.6. The summed E-state index contributed by atoms with van der Waals surface area (Å²) in [5.74, 6) is 0.742. The molecule has 0 amide bonds. The van der Waals surface area contributed by atoms with E-state index in [2.05, 4.69) is 17.1 Å². The highest BCUT2D eigenvalue weighted by molar-refractivity contribution is 5.41. The largest absolute Gasteiger partial charge is 0.504 e. The maximum atomic E-state index is 9.58. The van der Waals surface area contributed by atoms with Crippen molar-refractivity contribution in [3.63, 3.8) is 0 Å². The van der Waals surface area contributed by atoms with E-state index >= 15 is 0 Å². The van der Waals surface area contributed by atoms with Crippen LogP contribution in [0.2, 0.25) is 0 Å². The maximum Gasteiger partial charge on any atom is 0.160 e. The highest BCUT2D eigenvalue weighted by atomic mass is 16.5. The van der Waals surface area contributed by atoms with Crippen molar-refractivity contribution in [2.45, 2.75) is 38.8 Å². The van der Waals surface area contributed by atoms with Crippen LogP contribution in [0.1, 0.15) is 31.7 Å². The van der Waals surface area contributed by atoms with Gasteiger partial charge in [0.05, 0.1) is 7.11 Å². The molecule has 1 saturated heterocycles. The number of hydrogen-bond donors (Lipinski definition) is 2. The molecule has 0 aromatic heterocycles. The number of ether oxygens (including phenoxy) is 1. The highest BCUT2D eigenvalue weighted by Crippen LogP contribution is 2.26. The summed E-state index contributed by atoms with van der Waals surface area (Å²) >= 11 is 0. The first-order valence-corrected chi connectivity index (χ1v) is 7.54. The van der Waals surface area contributed by atoms with Crippen molar-refractivity contribution in [3.8, 4) is 11.5 Å². The Morgan fingerprint density at radius 1 is 1.35 bits per heavy atom. The summed E-state index contributed by atoms with van der Waals surface area (Å²) in [6.07, 6.45) is 3.68. The minimum atomic E-state index is 0.198. The Morgan fingerprint density at radius 2 is 2.10 bits per heavy atom. The first kappa shape index (κ1) is 15.1. The zero-order chi connectivity index (χ0) is 14.4. The molecule has 1 aromatic carbocycles. The molecule has 1 aliphatic heterocycles. The molecule has 0 saturated carbocycles. The fourth-order valence-corrected chi connectivity index (χ4v) is 2.77. The van der Waals surface area contributed by atoms with Gasteiger partial charge in [0.15, 0.2) is 11.5 Å². The lowest BCUT2D eigenvalue weighted by atomic mass is 10.0. The number of benzene rings is 1. The van der Waals surface area contributed by atoms with Gasteiger partial charge in [-0.15, -0.1) is 0 Å². The maximum absolute atomic E-state index is 9.58. The molecule has 0 aliphatic carbocycles. The summed E-state index contributed by atoms with van der Waals surface area (Å²) < 4.78 is 5.13. The van der Waals surface area contributed by atoms with E-state index in [4.69, 9.17) is 4.74 Å². The Bertz CT molecular complexity index is 415. The molecule has 0 unspecified atom stereocenters. The molecule has 2 rings (SSSR count). The Balaban J connectivity index is 1.78. The number of rotatable bonds is 6. The molecule has 0 radical (unpaired) electrons. The smallest absolute Gasteiger partial charge is 0.160 e. The summed E-state index contributed by atoms with van der Waals surface area (Å²) in [7, 11) is 1.58. The highest BCUT2D eigenvalue weighted by Gasteiger charge is 2.17. The van der Waals surface area contributed by atoms with Crippen LogP contribution in [-0.4, -0.2) is 42.8 Å². The fourth-order valence-electron chi connectivity index (χ4n) is 2.77. The number of aromatic hydroxyl groups is 1. The number of hydrogen-bond acceptors (Lipinski definition) is 4. The van der Waals surface area contributed by atoms with Gasteiger partial charge in [-0.25, -0.2) is 0 Å². The van der Waals surface area contributed by atoms with Crippen molar-refractivity contribution >= 4 is 0 Å². The van der Waals surface area contributed by atoms with Gasteiger partial charge in [0.1, 0.15) is 0 Å². The van der Waals surface area contributed by atoms with Crippen LogP contribution in [0.5, 0.6) is 11.5 Å². The first-order valence-electron chi connectivity index (χ1n) is 7.54. The molecule has 1 aliphatic rings. The quantitative estimate of drug-likeness (QED) is 0.838. The third-order valence-corrected chi connectivity index (χ3v) is 3.97. The van der Waals surface area contributed by atoms with Gasteiger partial charge < -0.3 is 20.1 Å². The van der Waals surface area contributed by atoms with Gasteiger partial charge in [0, 0.05) is 12.6 Å². The molecule has 2 N–H and O–H groups in total. The second kappa shape index (κ2) is 7.50. The third kappa shape index (κ3) is 4.12. The number of phenols is 1. The van der Waals surface area contributed by atoms with E-state index in [1.54, 1.807) is 13.2 Å². The van der Waals surface area contributed by atoms with Gasteiger partial charge >= 0.3 is 0 Å². The summed E-state index contributed by atoms with van der Waals surface area (Å²) in [5, 5.41) is 13.2. The first-order chi connectivity index (χ1) is 9.72. The SMILES string of the molecule is CCCN1CCC(NCc2ccc(O)c(OC)c2)CC1. The molecule has 20 heavy (non-hydrogen) atoms. The average Bonchev–Trinajstić information content (AvgIpc) is 2.48. The van der Waals surface area contributed by atoms with E-state index < -0.39 is 0 Å². The normalized spacial score (nSPS) is 17.3. The summed E-state index contributed by atoms with van der Waals surface area (Å²) in [6.45, 7) is 6.69. The van der Waals surface area contributed by atoms with Gasteiger partial charge in [-0.1, -0.05) is 13.0 Å². The molecule has 4 heteroatoms. The average molecular weight is 278 g/mol. The number of nitrogens with one attached hydrogen (secondary N) is 1. The predicted octanol–water partition coefficient (Wildman–Crippen LogP) is 2.36. The van der Waals surface area contributed by atoms with Crippen LogP contribution < -0.4 is 10.1 Å². The van der Waals surface area contributed by atoms with Crippen LogP contribution in [0.25, 0.3) is 0 Å². The summed E-state index contributed by atoms with van der Waals surface area (Å²) in [6, 6.07) is 6.13. The standard InChI is InChI=1S/C16H26N2O2/c1-3-8-18-9-6-14(7-10-18)17-12-13-4-5-15(19)16(11-13)20-2/h4-5,11,14,17,19H,3,6-10,12H2,1-2H3. The van der Waals surface area contributed by atoms with Crippen LogP contribution >= 0.6 is 0 Å². The Hall–Kier alpha value is -1.26. The molecule has 0 bridgehead atoms. The van der Waals surface area contributed by atoms with Crippen molar-refractivity contribution in [2.75, 3.05) is 26.7 Å². The van der Waals surface area contributed by atoms with E-state index in [0.717, 1.165) is 12.1 Å². The topological polar surface area (TPSA) is 44.7 Å². The lowest BCUT2D eigenvalue weighted by molar-refractivity contribution is 0.197. The fraction of sp³-hybridized carbons (Fsp3) is 0.625. The van der Waals surface area contributed by atoms with Gasteiger partial charge in [-0.2, -0.15) is 0 Å². The van der Waals surface area contributed by atoms with E-state index in [9.17, 15) is 5.11 Å². The second-order valence-electron chi connectivity index (χ2n) is 5.50. The van der Waals surface area contributed by atoms with E-state index in [0.29, 0.717) is 11.8 Å². The van der Waals surface area contributed by atoms with Crippen molar-refractivity contribution in [1.82, 2.24) is 10.2 Å². The molecule has 112 valence electrons. The van der Waals surface area contributed by atoms with Crippen molar-refractivity contribution in [1.29, 1.82) is 0 Å². The molecular formula is C16H26N2O2. The predicted molar refractivity (Wildman–Crippen MR) is 81.3 cm³/mol. The molecule has 1 aromatic rings. The second-order valence-corrected chi connectivity index (χ2v) is 5.50. The van der Waals surface area contributed by atoms with E-state index in [-0.39, 0.29) is 5.75 Å². The number of phenolic OH excluding ortho intramolecular Hbond substituents is 1. The Labute approximate surface area is 121 Å². The van der Waals surface area contributed by atoms with Crippen LogP contribution in [0, 0.1) is 0 Å². The zero-order valence-corrected chi connectivity index (χ0v) is 12.6. The molecule has 0 spiro atoms. The van der Waals surface area contributed by atoms with Crippen LogP contribution in [0.3, 0.4) is 0 Å². The minimum absolute atomic E-state index is 0.198. The Kier molecular flexibility index (Phi) is 5.68. The molecule has 1 fully saturated rings. The van der Waals surface area contributed by atoms with Gasteiger partial charge in [0.2, 0.25) is 0 Å². The number of nitrogens with zero attached hydrogens (tertiary/aromatic N) is 1. The summed E-state index contributed by atoms with van der Waals surface area (Å²) in [4.78, 5) is 2.54. The molecule has 1 heterocycles. The summed E-state index contributed by atoms with van der Waals surface area (Å²) in [5.41, 5.74) is 1.15. The monoisotopic (exact) mass is 278 g/mol. The van der Waals surface area contributed by atoms with Crippen LogP contribution in [0.4, 0.5) is 0 Å². The lowest BCUT2D eigenvalue weighted by Crippen LogP contribution is -2.42. The van der Waals surface area contributed by atoms with Crippen molar-refractivity contribution in [2.24, 2.45) is 0 Å². The number of likely N-dealkylation sites (tertiary alicyclic amines) is 1. The lowest BCUT2D eigenvalue weighted by Gasteiger charge is -2.32. The van der Waals surface area contributed by atoms with Gasteiger partial charge in [-0.05, 0) is 56.6 Å². The molecule has 0 atom stereocenters. The van der Waals surface area contributed by atoms with E-state index in [1.165, 1.54) is 38.9 Å². The van der Waals surface area contributed by atoms with Gasteiger partial charge in [0.25, 0.3) is 0 Å². The third-order valence-electron chi connectivity index (χ3n) is 3.97. The number of methoxy groups -OCH3 is 1. The van der Waals surface area contributed by atoms with E-state index in [1.807, 2.05) is 12.1 Å².